The van der Waals surface area contributed by atoms with E-state index >= 15 is 0 Å². The van der Waals surface area contributed by atoms with Crippen molar-refractivity contribution in [2.24, 2.45) is 100 Å². The van der Waals surface area contributed by atoms with Gasteiger partial charge in [0, 0.05) is 19.8 Å². The van der Waals surface area contributed by atoms with E-state index in [1.165, 1.54) is 117 Å². The number of hydrogen-bond donors (Lipinski definition) is 2. The molecular weight excluding hydrogens is 657 g/mol. The molecule has 0 heterocycles. The molecule has 0 amide bonds. The monoisotopic (exact) mass is 730 g/mol. The number of phosphoric acid groups is 1. The summed E-state index contributed by atoms with van der Waals surface area (Å²) in [5.41, 5.74) is 5.43. The van der Waals surface area contributed by atoms with Crippen molar-refractivity contribution < 1.29 is 28.0 Å². The van der Waals surface area contributed by atoms with Crippen LogP contribution in [0.5, 0.6) is 0 Å². The topological polar surface area (TPSA) is 100 Å². The van der Waals surface area contributed by atoms with Crippen LogP contribution in [0.25, 0.3) is 0 Å². The van der Waals surface area contributed by atoms with Gasteiger partial charge in [0.1, 0.15) is 6.10 Å². The second kappa shape index (κ2) is 15.9. The van der Waals surface area contributed by atoms with Gasteiger partial charge in [0.15, 0.2) is 0 Å². The van der Waals surface area contributed by atoms with E-state index in [1.807, 2.05) is 0 Å². The average Bonchev–Trinajstić information content (AvgIpc) is 3.09. The Morgan fingerprint density at radius 2 is 1.14 bits per heavy atom. The summed E-state index contributed by atoms with van der Waals surface area (Å²) in [5, 5.41) is 0. The Hall–Kier alpha value is -0.0100. The molecule has 17 unspecified atom stereocenters. The average molecular weight is 730 g/mol. The molecule has 0 aromatic heterocycles. The van der Waals surface area contributed by atoms with Crippen molar-refractivity contribution in [2.75, 3.05) is 39.6 Å². The molecule has 9 rings (SSSR count). The number of ether oxygens (including phenoxy) is 2. The SMILES string of the molecule is NCCOP(=O)(O)OC[C@@H](COCCCCCCC1CC2C1C1C3C4CCC4C3C21)OCCCCCCCCC1CCC2C(C1)C1C3CCC3C21. The fraction of sp³-hybridized carbons (Fsp3) is 1.00. The van der Waals surface area contributed by atoms with Crippen LogP contribution < -0.4 is 5.73 Å². The Kier molecular flexibility index (Phi) is 11.4. The van der Waals surface area contributed by atoms with Gasteiger partial charge in [0.25, 0.3) is 0 Å². The first kappa shape index (κ1) is 36.6. The molecule has 7 nitrogen and oxygen atoms in total. The van der Waals surface area contributed by atoms with Crippen LogP contribution in [-0.4, -0.2) is 50.6 Å². The molecule has 0 aliphatic heterocycles. The zero-order valence-electron chi connectivity index (χ0n) is 31.7. The Bertz CT molecular complexity index is 1210. The van der Waals surface area contributed by atoms with E-state index in [0.29, 0.717) is 19.8 Å². The maximum Gasteiger partial charge on any atom is 0.472 e. The molecule has 0 aromatic rings. The van der Waals surface area contributed by atoms with E-state index in [-0.39, 0.29) is 25.9 Å². The first-order valence-corrected chi connectivity index (χ1v) is 24.0. The molecule has 9 fully saturated rings. The van der Waals surface area contributed by atoms with Gasteiger partial charge >= 0.3 is 7.82 Å². The highest BCUT2D eigenvalue weighted by molar-refractivity contribution is 7.47. The van der Waals surface area contributed by atoms with Crippen molar-refractivity contribution in [3.05, 3.63) is 0 Å². The second-order valence-electron chi connectivity index (χ2n) is 19.6. The molecular formula is C43H72NO6P. The first-order chi connectivity index (χ1) is 25.0. The van der Waals surface area contributed by atoms with Crippen LogP contribution in [0.3, 0.4) is 0 Å². The highest BCUT2D eigenvalue weighted by atomic mass is 31.2. The van der Waals surface area contributed by atoms with E-state index in [0.717, 1.165) is 60.7 Å². The third-order valence-electron chi connectivity index (χ3n) is 17.6. The van der Waals surface area contributed by atoms with E-state index < -0.39 is 7.82 Å². The fourth-order valence-corrected chi connectivity index (χ4v) is 15.9. The highest BCUT2D eigenvalue weighted by Crippen LogP contribution is 2.84. The summed E-state index contributed by atoms with van der Waals surface area (Å²) < 4.78 is 34.5. The molecule has 9 saturated carbocycles. The van der Waals surface area contributed by atoms with Gasteiger partial charge in [-0.15, -0.1) is 0 Å². The van der Waals surface area contributed by atoms with Gasteiger partial charge in [-0.25, -0.2) is 4.57 Å². The molecule has 18 atom stereocenters. The smallest absolute Gasteiger partial charge is 0.379 e. The fourth-order valence-electron chi connectivity index (χ4n) is 15.2. The summed E-state index contributed by atoms with van der Waals surface area (Å²) >= 11 is 0. The summed E-state index contributed by atoms with van der Waals surface area (Å²) in [6.07, 6.45) is 27.5. The lowest BCUT2D eigenvalue weighted by molar-refractivity contribution is -0.375. The summed E-state index contributed by atoms with van der Waals surface area (Å²) in [6, 6.07) is 0. The van der Waals surface area contributed by atoms with Crippen LogP contribution in [0.4, 0.5) is 0 Å². The molecule has 0 bridgehead atoms. The summed E-state index contributed by atoms with van der Waals surface area (Å²) in [7, 11) is -4.14. The van der Waals surface area contributed by atoms with Crippen LogP contribution in [-0.2, 0) is 23.1 Å². The molecule has 290 valence electrons. The van der Waals surface area contributed by atoms with Crippen molar-refractivity contribution in [3.8, 4) is 0 Å². The molecule has 51 heavy (non-hydrogen) atoms. The Balaban J connectivity index is 0.593. The quantitative estimate of drug-likeness (QED) is 0.0549. The summed E-state index contributed by atoms with van der Waals surface area (Å²) in [6.45, 7) is 1.85. The van der Waals surface area contributed by atoms with Gasteiger partial charge < -0.3 is 20.1 Å². The minimum absolute atomic E-state index is 0.00984. The third-order valence-corrected chi connectivity index (χ3v) is 18.6. The minimum atomic E-state index is -4.14. The molecule has 9 aliphatic rings. The zero-order valence-corrected chi connectivity index (χ0v) is 32.6. The van der Waals surface area contributed by atoms with Crippen LogP contribution in [0.2, 0.25) is 0 Å². The molecule has 0 aromatic carbocycles. The second-order valence-corrected chi connectivity index (χ2v) is 21.0. The number of hydrogen-bond acceptors (Lipinski definition) is 6. The number of phosphoric ester groups is 1. The largest absolute Gasteiger partial charge is 0.472 e. The van der Waals surface area contributed by atoms with E-state index in [9.17, 15) is 9.46 Å². The lowest BCUT2D eigenvalue weighted by Gasteiger charge is -2.85. The molecule has 9 aliphatic carbocycles. The Labute approximate surface area is 309 Å². The maximum atomic E-state index is 12.2. The molecule has 0 saturated heterocycles. The van der Waals surface area contributed by atoms with Crippen molar-refractivity contribution in [1.29, 1.82) is 0 Å². The Morgan fingerprint density at radius 3 is 1.88 bits per heavy atom. The summed E-state index contributed by atoms with van der Waals surface area (Å²) in [4.78, 5) is 9.99. The van der Waals surface area contributed by atoms with Gasteiger partial charge in [-0.1, -0.05) is 70.6 Å². The van der Waals surface area contributed by atoms with Crippen molar-refractivity contribution >= 4 is 7.82 Å². The van der Waals surface area contributed by atoms with Crippen LogP contribution in [0.1, 0.15) is 128 Å². The standard InChI is InChI=1S/C43H72NO6P/c44-19-22-49-51(45,46)50-26-29(25-47-20-9-6-4-8-12-28-24-36-37(28)43-41-33-18-17-32(33)40(41)42(36)43)48-21-10-5-2-1-3-7-11-27-13-14-34-35(23-27)39-31-16-15-30(31)38(34)39/h27-43H,1-26,44H2,(H,45,46)/t27?,28?,29-,30?,31?,32?,33?,34?,35?,36?,37?,38?,39?,40?,41?,42?,43?/m1/s1. The van der Waals surface area contributed by atoms with E-state index in [1.54, 1.807) is 44.9 Å². The normalized spacial score (nSPS) is 45.9. The maximum absolute atomic E-state index is 12.2. The molecule has 0 radical (unpaired) electrons. The van der Waals surface area contributed by atoms with Crippen molar-refractivity contribution in [1.82, 2.24) is 0 Å². The Morgan fingerprint density at radius 1 is 0.549 bits per heavy atom. The first-order valence-electron chi connectivity index (χ1n) is 22.6. The van der Waals surface area contributed by atoms with E-state index in [2.05, 4.69) is 0 Å². The number of unbranched alkanes of at least 4 members (excludes halogenated alkanes) is 8. The molecule has 8 heteroatoms. The van der Waals surface area contributed by atoms with Crippen molar-refractivity contribution in [3.63, 3.8) is 0 Å². The zero-order chi connectivity index (χ0) is 34.5. The van der Waals surface area contributed by atoms with Crippen molar-refractivity contribution in [2.45, 2.75) is 135 Å². The van der Waals surface area contributed by atoms with Crippen LogP contribution >= 0.6 is 7.82 Å². The predicted molar refractivity (Wildman–Crippen MR) is 200 cm³/mol. The number of rotatable bonds is 25. The van der Waals surface area contributed by atoms with Crippen LogP contribution in [0, 0.1) is 94.7 Å². The van der Waals surface area contributed by atoms with Gasteiger partial charge in [-0.2, -0.15) is 0 Å². The third kappa shape index (κ3) is 6.92. The number of nitrogens with two attached hydrogens (primary N) is 1. The van der Waals surface area contributed by atoms with Crippen LogP contribution in [0.15, 0.2) is 0 Å². The van der Waals surface area contributed by atoms with Gasteiger partial charge in [-0.3, -0.25) is 9.05 Å². The molecule has 0 spiro atoms. The minimum Gasteiger partial charge on any atom is -0.379 e. The predicted octanol–water partition coefficient (Wildman–Crippen LogP) is 9.26. The lowest BCUT2D eigenvalue weighted by Crippen LogP contribution is -2.80. The highest BCUT2D eigenvalue weighted by Gasteiger charge is 2.79. The van der Waals surface area contributed by atoms with E-state index in [4.69, 9.17) is 24.3 Å². The number of fused-ring (bicyclic) bond motifs is 17. The van der Waals surface area contributed by atoms with Gasteiger partial charge in [0.05, 0.1) is 19.8 Å². The van der Waals surface area contributed by atoms with Gasteiger partial charge in [0.2, 0.25) is 0 Å². The summed E-state index contributed by atoms with van der Waals surface area (Å²) in [5.74, 6) is 18.4. The van der Waals surface area contributed by atoms with Gasteiger partial charge in [-0.05, 0) is 152 Å². The molecule has 3 N–H and O–H groups in total. The lowest BCUT2D eigenvalue weighted by atomic mass is 9.20.